The number of primary amides is 1. The normalized spacial score (nSPS) is 13.7. The van der Waals surface area contributed by atoms with Crippen molar-refractivity contribution in [3.05, 3.63) is 65.2 Å². The van der Waals surface area contributed by atoms with E-state index in [9.17, 15) is 9.59 Å². The van der Waals surface area contributed by atoms with Crippen LogP contribution in [0.1, 0.15) is 41.3 Å². The number of carbonyl (C=O) groups excluding carboxylic acids is 2. The van der Waals surface area contributed by atoms with Crippen LogP contribution in [0.4, 0.5) is 5.69 Å². The number of aliphatic imine (C=N–C) groups is 1. The molecule has 0 aliphatic carbocycles. The van der Waals surface area contributed by atoms with Crippen molar-refractivity contribution in [2.75, 3.05) is 18.0 Å². The molecule has 2 aromatic rings. The Kier molecular flexibility index (Phi) is 9.10. The summed E-state index contributed by atoms with van der Waals surface area (Å²) < 4.78 is 0. The number of guanidine groups is 1. The molecule has 0 aromatic heterocycles. The predicted octanol–water partition coefficient (Wildman–Crippen LogP) is 2.79. The van der Waals surface area contributed by atoms with Gasteiger partial charge < -0.3 is 21.3 Å². The highest BCUT2D eigenvalue weighted by Gasteiger charge is 2.21. The zero-order valence-corrected chi connectivity index (χ0v) is 19.4. The maximum atomic E-state index is 11.9. The molecule has 30 heavy (non-hydrogen) atoms. The lowest BCUT2D eigenvalue weighted by Gasteiger charge is -2.16. The molecule has 4 N–H and O–H groups in total. The van der Waals surface area contributed by atoms with Crippen molar-refractivity contribution >= 4 is 47.4 Å². The Morgan fingerprint density at radius 1 is 1.07 bits per heavy atom. The van der Waals surface area contributed by atoms with E-state index in [2.05, 4.69) is 15.6 Å². The van der Waals surface area contributed by atoms with Crippen LogP contribution in [0.3, 0.4) is 0 Å². The molecule has 1 fully saturated rings. The first-order chi connectivity index (χ1) is 14.1. The second-order valence-electron chi connectivity index (χ2n) is 6.93. The van der Waals surface area contributed by atoms with Crippen molar-refractivity contribution in [1.29, 1.82) is 0 Å². The highest BCUT2D eigenvalue weighted by molar-refractivity contribution is 14.0. The lowest BCUT2D eigenvalue weighted by Crippen LogP contribution is -2.36. The number of hydrogen-bond acceptors (Lipinski definition) is 3. The predicted molar refractivity (Wildman–Crippen MR) is 130 cm³/mol. The maximum absolute atomic E-state index is 11.9. The van der Waals surface area contributed by atoms with E-state index >= 15 is 0 Å². The van der Waals surface area contributed by atoms with Gasteiger partial charge in [0.2, 0.25) is 11.8 Å². The van der Waals surface area contributed by atoms with Gasteiger partial charge in [0, 0.05) is 37.3 Å². The summed E-state index contributed by atoms with van der Waals surface area (Å²) in [6.07, 6.45) is 1.56. The fourth-order valence-electron chi connectivity index (χ4n) is 3.19. The first-order valence-corrected chi connectivity index (χ1v) is 9.87. The zero-order valence-electron chi connectivity index (χ0n) is 17.1. The third-order valence-corrected chi connectivity index (χ3v) is 4.78. The molecule has 0 spiro atoms. The quantitative estimate of drug-likeness (QED) is 0.297. The van der Waals surface area contributed by atoms with E-state index in [1.54, 1.807) is 12.1 Å². The summed E-state index contributed by atoms with van der Waals surface area (Å²) in [5.74, 6) is 0.475. The first kappa shape index (κ1) is 23.7. The minimum Gasteiger partial charge on any atom is -0.366 e. The smallest absolute Gasteiger partial charge is 0.248 e. The molecular formula is C22H28IN5O2. The second-order valence-corrected chi connectivity index (χ2v) is 6.93. The summed E-state index contributed by atoms with van der Waals surface area (Å²) in [6.45, 7) is 4.68. The van der Waals surface area contributed by atoms with Gasteiger partial charge in [0.15, 0.2) is 5.96 Å². The van der Waals surface area contributed by atoms with Crippen LogP contribution >= 0.6 is 24.0 Å². The van der Waals surface area contributed by atoms with Crippen LogP contribution in [-0.2, 0) is 17.9 Å². The number of anilines is 1. The van der Waals surface area contributed by atoms with E-state index in [1.807, 2.05) is 48.2 Å². The standard InChI is InChI=1S/C22H27N5O2.HI/c1-2-24-22(25-14-16-5-9-18(10-6-16)21(23)29)26-15-17-7-11-19(12-8-17)27-13-3-4-20(27)28;/h5-12H,2-4,13-15H2,1H3,(H2,23,29)(H2,24,25,26);1H. The molecule has 0 saturated carbocycles. The average Bonchev–Trinajstić information content (AvgIpc) is 3.16. The van der Waals surface area contributed by atoms with E-state index < -0.39 is 5.91 Å². The number of benzene rings is 2. The van der Waals surface area contributed by atoms with Crippen molar-refractivity contribution in [1.82, 2.24) is 10.6 Å². The largest absolute Gasteiger partial charge is 0.366 e. The summed E-state index contributed by atoms with van der Waals surface area (Å²) in [5, 5.41) is 6.51. The molecule has 7 nitrogen and oxygen atoms in total. The van der Waals surface area contributed by atoms with E-state index in [4.69, 9.17) is 5.73 Å². The summed E-state index contributed by atoms with van der Waals surface area (Å²) in [7, 11) is 0. The van der Waals surface area contributed by atoms with Crippen molar-refractivity contribution in [3.63, 3.8) is 0 Å². The van der Waals surface area contributed by atoms with Gasteiger partial charge in [-0.25, -0.2) is 4.99 Å². The zero-order chi connectivity index (χ0) is 20.6. The lowest BCUT2D eigenvalue weighted by atomic mass is 10.1. The van der Waals surface area contributed by atoms with Crippen LogP contribution in [0.25, 0.3) is 0 Å². The molecule has 3 rings (SSSR count). The Morgan fingerprint density at radius 3 is 2.30 bits per heavy atom. The number of halogens is 1. The summed E-state index contributed by atoms with van der Waals surface area (Å²) >= 11 is 0. The molecule has 0 unspecified atom stereocenters. The van der Waals surface area contributed by atoms with Gasteiger partial charge in [-0.1, -0.05) is 24.3 Å². The minimum absolute atomic E-state index is 0. The number of carbonyl (C=O) groups is 2. The molecule has 2 amide bonds. The Morgan fingerprint density at radius 2 is 1.73 bits per heavy atom. The Balaban J connectivity index is 0.00000320. The van der Waals surface area contributed by atoms with Gasteiger partial charge in [-0.05, 0) is 48.7 Å². The Labute approximate surface area is 194 Å². The van der Waals surface area contributed by atoms with E-state index in [-0.39, 0.29) is 29.9 Å². The fraction of sp³-hybridized carbons (Fsp3) is 0.318. The minimum atomic E-state index is -0.431. The van der Waals surface area contributed by atoms with Crippen LogP contribution in [0.15, 0.2) is 53.5 Å². The van der Waals surface area contributed by atoms with Gasteiger partial charge in [0.25, 0.3) is 0 Å². The molecule has 0 bridgehead atoms. The van der Waals surface area contributed by atoms with Gasteiger partial charge in [0.1, 0.15) is 0 Å². The highest BCUT2D eigenvalue weighted by atomic mass is 127. The van der Waals surface area contributed by atoms with Crippen LogP contribution in [0.5, 0.6) is 0 Å². The first-order valence-electron chi connectivity index (χ1n) is 9.87. The van der Waals surface area contributed by atoms with Crippen molar-refractivity contribution < 1.29 is 9.59 Å². The monoisotopic (exact) mass is 521 g/mol. The topological polar surface area (TPSA) is 99.8 Å². The second kappa shape index (κ2) is 11.5. The SMILES string of the molecule is CCNC(=NCc1ccc(N2CCCC2=O)cc1)NCc1ccc(C(N)=O)cc1.I. The van der Waals surface area contributed by atoms with Gasteiger partial charge in [-0.2, -0.15) is 0 Å². The Bertz CT molecular complexity index is 881. The van der Waals surface area contributed by atoms with Crippen molar-refractivity contribution in [2.45, 2.75) is 32.9 Å². The van der Waals surface area contributed by atoms with Gasteiger partial charge in [-0.15, -0.1) is 24.0 Å². The van der Waals surface area contributed by atoms with E-state index in [0.717, 1.165) is 36.3 Å². The lowest BCUT2D eigenvalue weighted by molar-refractivity contribution is -0.117. The number of rotatable bonds is 7. The average molecular weight is 521 g/mol. The molecule has 1 saturated heterocycles. The summed E-state index contributed by atoms with van der Waals surface area (Å²) in [6, 6.07) is 15.2. The maximum Gasteiger partial charge on any atom is 0.248 e. The number of amides is 2. The fourth-order valence-corrected chi connectivity index (χ4v) is 3.19. The molecule has 1 heterocycles. The molecule has 0 atom stereocenters. The number of hydrogen-bond donors (Lipinski definition) is 3. The van der Waals surface area contributed by atoms with Gasteiger partial charge in [0.05, 0.1) is 6.54 Å². The van der Waals surface area contributed by atoms with Crippen LogP contribution in [-0.4, -0.2) is 30.9 Å². The number of nitrogens with two attached hydrogens (primary N) is 1. The van der Waals surface area contributed by atoms with E-state index in [0.29, 0.717) is 31.0 Å². The summed E-state index contributed by atoms with van der Waals surface area (Å²) in [4.78, 5) is 29.5. The van der Waals surface area contributed by atoms with Gasteiger partial charge >= 0.3 is 0 Å². The molecule has 2 aromatic carbocycles. The van der Waals surface area contributed by atoms with Crippen LogP contribution in [0.2, 0.25) is 0 Å². The van der Waals surface area contributed by atoms with E-state index in [1.165, 1.54) is 0 Å². The number of nitrogens with one attached hydrogen (secondary N) is 2. The molecule has 8 heteroatoms. The van der Waals surface area contributed by atoms with Crippen LogP contribution in [0, 0.1) is 0 Å². The molecule has 1 aliphatic heterocycles. The number of nitrogens with zero attached hydrogens (tertiary/aromatic N) is 2. The molecule has 0 radical (unpaired) electrons. The molecule has 160 valence electrons. The van der Waals surface area contributed by atoms with Gasteiger partial charge in [-0.3, -0.25) is 9.59 Å². The third-order valence-electron chi connectivity index (χ3n) is 4.78. The third kappa shape index (κ3) is 6.45. The van der Waals surface area contributed by atoms with Crippen molar-refractivity contribution in [3.8, 4) is 0 Å². The molecular weight excluding hydrogens is 493 g/mol. The van der Waals surface area contributed by atoms with Crippen molar-refractivity contribution in [2.24, 2.45) is 10.7 Å². The molecule has 1 aliphatic rings. The Hall–Kier alpha value is -2.62. The van der Waals surface area contributed by atoms with Crippen LogP contribution < -0.4 is 21.3 Å². The summed E-state index contributed by atoms with van der Waals surface area (Å²) in [5.41, 5.74) is 8.81. The highest BCUT2D eigenvalue weighted by Crippen LogP contribution is 2.21.